The number of likely N-dealkylation sites (N-methyl/N-ethyl adjacent to an activating group) is 1. The normalized spacial score (nSPS) is 28.4. The van der Waals surface area contributed by atoms with Crippen LogP contribution in [0.2, 0.25) is 0 Å². The quantitative estimate of drug-likeness (QED) is 0.603. The lowest BCUT2D eigenvalue weighted by atomic mass is 10.2. The van der Waals surface area contributed by atoms with Gasteiger partial charge in [0.1, 0.15) is 0 Å². The van der Waals surface area contributed by atoms with Crippen molar-refractivity contribution < 1.29 is 4.84 Å². The van der Waals surface area contributed by atoms with E-state index in [1.807, 2.05) is 0 Å². The Hall–Kier alpha value is -0.120. The summed E-state index contributed by atoms with van der Waals surface area (Å²) in [6.45, 7) is 5.50. The molecule has 1 atom stereocenters. The number of nitrogens with two attached hydrogens (primary N) is 1. The van der Waals surface area contributed by atoms with Crippen LogP contribution in [0.4, 0.5) is 0 Å². The van der Waals surface area contributed by atoms with Gasteiger partial charge < -0.3 is 4.90 Å². The van der Waals surface area contributed by atoms with E-state index >= 15 is 0 Å². The van der Waals surface area contributed by atoms with E-state index in [0.29, 0.717) is 0 Å². The summed E-state index contributed by atoms with van der Waals surface area (Å²) in [6, 6.07) is 0. The third kappa shape index (κ3) is 2.77. The first-order valence-electron chi connectivity index (χ1n) is 4.44. The minimum Gasteiger partial charge on any atom is -0.301 e. The zero-order valence-corrected chi connectivity index (χ0v) is 7.25. The van der Waals surface area contributed by atoms with Crippen LogP contribution in [0.5, 0.6) is 0 Å². The van der Waals surface area contributed by atoms with Gasteiger partial charge in [0.15, 0.2) is 0 Å². The van der Waals surface area contributed by atoms with E-state index in [2.05, 4.69) is 11.8 Å². The van der Waals surface area contributed by atoms with Gasteiger partial charge in [-0.2, -0.15) is 0 Å². The van der Waals surface area contributed by atoms with Crippen LogP contribution in [0.25, 0.3) is 0 Å². The first-order chi connectivity index (χ1) is 5.36. The Morgan fingerprint density at radius 2 is 2.36 bits per heavy atom. The molecule has 11 heavy (non-hydrogen) atoms. The van der Waals surface area contributed by atoms with Crippen LogP contribution < -0.4 is 5.90 Å². The molecule has 3 heteroatoms. The van der Waals surface area contributed by atoms with Gasteiger partial charge in [-0.15, -0.1) is 0 Å². The van der Waals surface area contributed by atoms with E-state index in [1.54, 1.807) is 0 Å². The van der Waals surface area contributed by atoms with Crippen molar-refractivity contribution in [1.29, 1.82) is 0 Å². The van der Waals surface area contributed by atoms with Crippen LogP contribution in [0, 0.1) is 0 Å². The molecule has 1 fully saturated rings. The number of likely N-dealkylation sites (tertiary alicyclic amines) is 1. The molecule has 0 amide bonds. The smallest absolute Gasteiger partial charge is 0.0913 e. The summed E-state index contributed by atoms with van der Waals surface area (Å²) in [5.74, 6) is 5.16. The third-order valence-corrected chi connectivity index (χ3v) is 2.35. The monoisotopic (exact) mass is 158 g/mol. The van der Waals surface area contributed by atoms with E-state index < -0.39 is 0 Å². The molecule has 0 aromatic carbocycles. The second-order valence-corrected chi connectivity index (χ2v) is 3.15. The highest BCUT2D eigenvalue weighted by Crippen LogP contribution is 2.11. The van der Waals surface area contributed by atoms with Gasteiger partial charge in [0.05, 0.1) is 6.10 Å². The predicted octanol–water partition coefficient (Wildman–Crippen LogP) is 0.751. The molecule has 2 N–H and O–H groups in total. The van der Waals surface area contributed by atoms with Crippen molar-refractivity contribution in [3.05, 3.63) is 0 Å². The van der Waals surface area contributed by atoms with Gasteiger partial charge in [-0.1, -0.05) is 6.92 Å². The third-order valence-electron chi connectivity index (χ3n) is 2.35. The van der Waals surface area contributed by atoms with Gasteiger partial charge in [0.25, 0.3) is 0 Å². The lowest BCUT2D eigenvalue weighted by Gasteiger charge is -2.20. The van der Waals surface area contributed by atoms with Gasteiger partial charge in [-0.3, -0.25) is 4.84 Å². The van der Waals surface area contributed by atoms with Gasteiger partial charge in [-0.05, 0) is 32.4 Å². The molecule has 1 heterocycles. The molecule has 0 radical (unpaired) electrons. The van der Waals surface area contributed by atoms with Crippen LogP contribution in [0.15, 0.2) is 0 Å². The SMILES string of the molecule is CCN1CCCC[C@H](ON)C1. The zero-order valence-electron chi connectivity index (χ0n) is 7.25. The molecule has 0 aromatic heterocycles. The molecule has 66 valence electrons. The molecule has 0 unspecified atom stereocenters. The van der Waals surface area contributed by atoms with Crippen molar-refractivity contribution in [2.75, 3.05) is 19.6 Å². The molecule has 0 spiro atoms. The fourth-order valence-electron chi connectivity index (χ4n) is 1.58. The Morgan fingerprint density at radius 3 is 3.00 bits per heavy atom. The molecule has 0 aromatic rings. The highest BCUT2D eigenvalue weighted by atomic mass is 16.6. The second kappa shape index (κ2) is 4.70. The van der Waals surface area contributed by atoms with Crippen LogP contribution in [0.3, 0.4) is 0 Å². The lowest BCUT2D eigenvalue weighted by Crippen LogP contribution is -2.33. The Labute approximate surface area is 68.5 Å². The summed E-state index contributed by atoms with van der Waals surface area (Å²) < 4.78 is 0. The zero-order chi connectivity index (χ0) is 8.10. The van der Waals surface area contributed by atoms with Crippen LogP contribution >= 0.6 is 0 Å². The summed E-state index contributed by atoms with van der Waals surface area (Å²) in [5, 5.41) is 0. The Morgan fingerprint density at radius 1 is 1.55 bits per heavy atom. The highest BCUT2D eigenvalue weighted by Gasteiger charge is 2.16. The molecule has 1 rings (SSSR count). The number of nitrogens with zero attached hydrogens (tertiary/aromatic N) is 1. The predicted molar refractivity (Wildman–Crippen MR) is 45.0 cm³/mol. The summed E-state index contributed by atoms with van der Waals surface area (Å²) in [6.07, 6.45) is 3.91. The van der Waals surface area contributed by atoms with Crippen LogP contribution in [-0.4, -0.2) is 30.6 Å². The van der Waals surface area contributed by atoms with Crippen LogP contribution in [0.1, 0.15) is 26.2 Å². The molecule has 1 saturated heterocycles. The van der Waals surface area contributed by atoms with Crippen molar-refractivity contribution in [3.8, 4) is 0 Å². The number of hydrogen-bond donors (Lipinski definition) is 1. The Bertz CT molecular complexity index is 96.3. The first kappa shape index (κ1) is 8.97. The molecule has 3 nitrogen and oxygen atoms in total. The maximum Gasteiger partial charge on any atom is 0.0913 e. The van der Waals surface area contributed by atoms with Crippen molar-refractivity contribution in [3.63, 3.8) is 0 Å². The van der Waals surface area contributed by atoms with Gasteiger partial charge in [-0.25, -0.2) is 5.90 Å². The van der Waals surface area contributed by atoms with Gasteiger partial charge in [0.2, 0.25) is 0 Å². The second-order valence-electron chi connectivity index (χ2n) is 3.15. The minimum absolute atomic E-state index is 0.262. The van der Waals surface area contributed by atoms with Crippen molar-refractivity contribution >= 4 is 0 Å². The van der Waals surface area contributed by atoms with E-state index in [-0.39, 0.29) is 6.10 Å². The average Bonchev–Trinajstić information content (AvgIpc) is 2.28. The molecule has 1 aliphatic rings. The van der Waals surface area contributed by atoms with Crippen molar-refractivity contribution in [2.24, 2.45) is 5.90 Å². The van der Waals surface area contributed by atoms with E-state index in [9.17, 15) is 0 Å². The van der Waals surface area contributed by atoms with Gasteiger partial charge in [0, 0.05) is 6.54 Å². The highest BCUT2D eigenvalue weighted by molar-refractivity contribution is 4.69. The molecular weight excluding hydrogens is 140 g/mol. The summed E-state index contributed by atoms with van der Waals surface area (Å²) >= 11 is 0. The fraction of sp³-hybridized carbons (Fsp3) is 1.00. The number of hydrogen-bond acceptors (Lipinski definition) is 3. The van der Waals surface area contributed by atoms with E-state index in [1.165, 1.54) is 19.4 Å². The fourth-order valence-corrected chi connectivity index (χ4v) is 1.58. The Kier molecular flexibility index (Phi) is 3.83. The maximum absolute atomic E-state index is 5.16. The summed E-state index contributed by atoms with van der Waals surface area (Å²) in [7, 11) is 0. The summed E-state index contributed by atoms with van der Waals surface area (Å²) in [4.78, 5) is 7.25. The molecule has 0 bridgehead atoms. The summed E-state index contributed by atoms with van der Waals surface area (Å²) in [5.41, 5.74) is 0. The first-order valence-corrected chi connectivity index (χ1v) is 4.44. The average molecular weight is 158 g/mol. The molecule has 1 aliphatic heterocycles. The lowest BCUT2D eigenvalue weighted by molar-refractivity contribution is 0.0295. The van der Waals surface area contributed by atoms with E-state index in [0.717, 1.165) is 19.5 Å². The topological polar surface area (TPSA) is 38.5 Å². The number of rotatable bonds is 2. The van der Waals surface area contributed by atoms with Gasteiger partial charge >= 0.3 is 0 Å². The van der Waals surface area contributed by atoms with Crippen LogP contribution in [-0.2, 0) is 4.84 Å². The maximum atomic E-state index is 5.16. The Balaban J connectivity index is 2.33. The molecule has 0 aliphatic carbocycles. The minimum atomic E-state index is 0.262. The van der Waals surface area contributed by atoms with E-state index in [4.69, 9.17) is 10.7 Å². The van der Waals surface area contributed by atoms with Crippen molar-refractivity contribution in [1.82, 2.24) is 4.90 Å². The van der Waals surface area contributed by atoms with Crippen molar-refractivity contribution in [2.45, 2.75) is 32.3 Å². The molecular formula is C8H18N2O. The largest absolute Gasteiger partial charge is 0.301 e. The molecule has 0 saturated carbocycles. The standard InChI is InChI=1S/C8H18N2O/c1-2-10-6-4-3-5-8(7-10)11-9/h8H,2-7,9H2,1H3/t8-/m0/s1.